The molecule has 1 fully saturated rings. The molecule has 9 heteroatoms. The smallest absolute Gasteiger partial charge is 0.285 e. The maximum atomic E-state index is 13.5. The fraction of sp³-hybridized carbons (Fsp3) is 0.333. The highest BCUT2D eigenvalue weighted by Gasteiger charge is 2.41. The Morgan fingerprint density at radius 2 is 2.22 bits per heavy atom. The molecule has 0 bridgehead atoms. The Hall–Kier alpha value is -1.48. The molecule has 1 atom stereocenters. The Labute approximate surface area is 107 Å². The van der Waals surface area contributed by atoms with E-state index in [1.165, 1.54) is 19.2 Å². The van der Waals surface area contributed by atoms with Crippen LogP contribution in [0.4, 0.5) is 9.18 Å². The standard InChI is InChI=1S/C9H10FN3O3S2/c1-12-8(11)6(10)5-13(9(12)14)18(15,16)7-3-2-4-17-7/h2-4,6,11H,5H2,1H3. The molecule has 1 saturated heterocycles. The van der Waals surface area contributed by atoms with Gasteiger partial charge in [-0.3, -0.25) is 10.3 Å². The zero-order valence-electron chi connectivity index (χ0n) is 9.33. The van der Waals surface area contributed by atoms with E-state index >= 15 is 0 Å². The van der Waals surface area contributed by atoms with Gasteiger partial charge < -0.3 is 0 Å². The number of halogens is 1. The molecule has 98 valence electrons. The zero-order valence-corrected chi connectivity index (χ0v) is 11.0. The summed E-state index contributed by atoms with van der Waals surface area (Å²) in [5.41, 5.74) is 0. The van der Waals surface area contributed by atoms with Crippen molar-refractivity contribution < 1.29 is 17.6 Å². The van der Waals surface area contributed by atoms with Crippen LogP contribution in [0.3, 0.4) is 0 Å². The third kappa shape index (κ3) is 1.89. The number of rotatable bonds is 2. The highest BCUT2D eigenvalue weighted by Crippen LogP contribution is 2.25. The first-order chi connectivity index (χ1) is 8.35. The molecule has 2 rings (SSSR count). The summed E-state index contributed by atoms with van der Waals surface area (Å²) in [5, 5.41) is 8.87. The van der Waals surface area contributed by atoms with Gasteiger partial charge in [0.2, 0.25) is 0 Å². The van der Waals surface area contributed by atoms with Crippen molar-refractivity contribution in [1.82, 2.24) is 9.21 Å². The molecule has 1 aromatic rings. The number of alkyl halides is 1. The predicted octanol–water partition coefficient (Wildman–Crippen LogP) is 1.12. The van der Waals surface area contributed by atoms with E-state index in [9.17, 15) is 17.6 Å². The van der Waals surface area contributed by atoms with Crippen LogP contribution in [0.25, 0.3) is 0 Å². The number of amidine groups is 1. The third-order valence-corrected chi connectivity index (χ3v) is 5.64. The van der Waals surface area contributed by atoms with Gasteiger partial charge in [0.15, 0.2) is 6.17 Å². The minimum absolute atomic E-state index is 0.0233. The van der Waals surface area contributed by atoms with Crippen LogP contribution in [0.1, 0.15) is 0 Å². The molecule has 1 aromatic heterocycles. The Kier molecular flexibility index (Phi) is 3.11. The van der Waals surface area contributed by atoms with E-state index < -0.39 is 34.6 Å². The van der Waals surface area contributed by atoms with Gasteiger partial charge in [-0.1, -0.05) is 6.07 Å². The van der Waals surface area contributed by atoms with Gasteiger partial charge in [-0.15, -0.1) is 11.3 Å². The second-order valence-electron chi connectivity index (χ2n) is 3.66. The molecule has 6 nitrogen and oxygen atoms in total. The number of thiophene rings is 1. The summed E-state index contributed by atoms with van der Waals surface area (Å²) in [6.45, 7) is -0.651. The number of nitrogens with one attached hydrogen (secondary N) is 1. The first-order valence-corrected chi connectivity index (χ1v) is 7.24. The lowest BCUT2D eigenvalue weighted by Crippen LogP contribution is -2.57. The molecule has 0 radical (unpaired) electrons. The average molecular weight is 291 g/mol. The van der Waals surface area contributed by atoms with Crippen LogP contribution in [0.15, 0.2) is 21.7 Å². The summed E-state index contributed by atoms with van der Waals surface area (Å²) < 4.78 is 38.2. The Bertz CT molecular complexity index is 584. The van der Waals surface area contributed by atoms with Gasteiger partial charge in [-0.05, 0) is 11.4 Å². The van der Waals surface area contributed by atoms with E-state index in [4.69, 9.17) is 5.41 Å². The lowest BCUT2D eigenvalue weighted by atomic mass is 10.3. The lowest BCUT2D eigenvalue weighted by Gasteiger charge is -2.34. The normalized spacial score (nSPS) is 21.6. The Morgan fingerprint density at radius 1 is 1.56 bits per heavy atom. The van der Waals surface area contributed by atoms with E-state index in [1.54, 1.807) is 5.38 Å². The largest absolute Gasteiger partial charge is 0.339 e. The Balaban J connectivity index is 2.40. The second-order valence-corrected chi connectivity index (χ2v) is 6.70. The molecular formula is C9H10FN3O3S2. The van der Waals surface area contributed by atoms with Gasteiger partial charge in [-0.2, -0.15) is 0 Å². The highest BCUT2D eigenvalue weighted by molar-refractivity contribution is 7.91. The molecule has 0 aliphatic carbocycles. The van der Waals surface area contributed by atoms with Gasteiger partial charge in [0.1, 0.15) is 10.0 Å². The van der Waals surface area contributed by atoms with Gasteiger partial charge in [0.25, 0.3) is 10.0 Å². The SMILES string of the molecule is CN1C(=N)C(F)CN(S(=O)(=O)c2cccs2)C1=O. The average Bonchev–Trinajstić information content (AvgIpc) is 2.85. The first kappa shape index (κ1) is 13.0. The zero-order chi connectivity index (χ0) is 13.5. The Morgan fingerprint density at radius 3 is 2.78 bits per heavy atom. The van der Waals surface area contributed by atoms with Crippen molar-refractivity contribution in [1.29, 1.82) is 5.41 Å². The monoisotopic (exact) mass is 291 g/mol. The minimum Gasteiger partial charge on any atom is -0.285 e. The van der Waals surface area contributed by atoms with Crippen LogP contribution in [0, 0.1) is 5.41 Å². The van der Waals surface area contributed by atoms with E-state index in [-0.39, 0.29) is 4.21 Å². The number of hydrogen-bond acceptors (Lipinski definition) is 5. The third-order valence-electron chi connectivity index (χ3n) is 2.52. The van der Waals surface area contributed by atoms with Crippen LogP contribution in [-0.4, -0.2) is 49.3 Å². The molecule has 1 aliphatic heterocycles. The quantitative estimate of drug-likeness (QED) is 0.886. The van der Waals surface area contributed by atoms with Crippen LogP contribution < -0.4 is 0 Å². The van der Waals surface area contributed by atoms with Gasteiger partial charge in [0, 0.05) is 7.05 Å². The second kappa shape index (κ2) is 4.32. The van der Waals surface area contributed by atoms with E-state index in [0.29, 0.717) is 9.21 Å². The van der Waals surface area contributed by atoms with Crippen molar-refractivity contribution in [3.05, 3.63) is 17.5 Å². The fourth-order valence-corrected chi connectivity index (χ4v) is 4.00. The molecule has 2 heterocycles. The van der Waals surface area contributed by atoms with Crippen molar-refractivity contribution in [3.8, 4) is 0 Å². The van der Waals surface area contributed by atoms with Crippen molar-refractivity contribution in [2.24, 2.45) is 0 Å². The van der Waals surface area contributed by atoms with Gasteiger partial charge >= 0.3 is 6.03 Å². The highest BCUT2D eigenvalue weighted by atomic mass is 32.2. The number of amides is 2. The van der Waals surface area contributed by atoms with Crippen molar-refractivity contribution in [2.45, 2.75) is 10.4 Å². The molecule has 1 unspecified atom stereocenters. The van der Waals surface area contributed by atoms with E-state index in [1.807, 2.05) is 0 Å². The number of carbonyl (C=O) groups is 1. The summed E-state index contributed by atoms with van der Waals surface area (Å²) in [6, 6.07) is 1.97. The van der Waals surface area contributed by atoms with Crippen LogP contribution in [0.2, 0.25) is 0 Å². The van der Waals surface area contributed by atoms with Gasteiger partial charge in [-0.25, -0.2) is 21.9 Å². The molecular weight excluding hydrogens is 281 g/mol. The van der Waals surface area contributed by atoms with Crippen LogP contribution >= 0.6 is 11.3 Å². The number of hydrogen-bond donors (Lipinski definition) is 1. The molecule has 1 N–H and O–H groups in total. The van der Waals surface area contributed by atoms with E-state index in [2.05, 4.69) is 0 Å². The van der Waals surface area contributed by atoms with Crippen molar-refractivity contribution in [3.63, 3.8) is 0 Å². The van der Waals surface area contributed by atoms with Crippen LogP contribution in [-0.2, 0) is 10.0 Å². The first-order valence-electron chi connectivity index (χ1n) is 4.92. The number of sulfonamides is 1. The summed E-state index contributed by atoms with van der Waals surface area (Å²) in [6.07, 6.45) is -1.80. The molecule has 2 amide bonds. The molecule has 0 spiro atoms. The summed E-state index contributed by atoms with van der Waals surface area (Å²) in [5.74, 6) is -0.530. The number of nitrogens with zero attached hydrogens (tertiary/aromatic N) is 2. The predicted molar refractivity (Wildman–Crippen MR) is 64.0 cm³/mol. The molecule has 18 heavy (non-hydrogen) atoms. The van der Waals surface area contributed by atoms with Gasteiger partial charge in [0.05, 0.1) is 6.54 Å². The minimum atomic E-state index is -4.03. The lowest BCUT2D eigenvalue weighted by molar-refractivity contribution is 0.184. The summed E-state index contributed by atoms with van der Waals surface area (Å²) >= 11 is 0.952. The van der Waals surface area contributed by atoms with Crippen molar-refractivity contribution >= 4 is 33.2 Å². The van der Waals surface area contributed by atoms with E-state index in [0.717, 1.165) is 11.3 Å². The number of urea groups is 1. The molecule has 1 aliphatic rings. The topological polar surface area (TPSA) is 81.5 Å². The summed E-state index contributed by atoms with van der Waals surface area (Å²) in [7, 11) is -2.86. The molecule has 0 aromatic carbocycles. The maximum Gasteiger partial charge on any atom is 0.339 e. The maximum absolute atomic E-state index is 13.5. The number of carbonyl (C=O) groups excluding carboxylic acids is 1. The molecule has 0 saturated carbocycles. The fourth-order valence-electron chi connectivity index (χ4n) is 1.51. The van der Waals surface area contributed by atoms with Crippen LogP contribution in [0.5, 0.6) is 0 Å². The van der Waals surface area contributed by atoms with Crippen molar-refractivity contribution in [2.75, 3.05) is 13.6 Å². The summed E-state index contributed by atoms with van der Waals surface area (Å²) in [4.78, 5) is 12.5.